The number of H-pyrrole nitrogens is 1. The average molecular weight is 468 g/mol. The number of amides is 2. The highest BCUT2D eigenvalue weighted by Crippen LogP contribution is 2.25. The third kappa shape index (κ3) is 5.79. The van der Waals surface area contributed by atoms with Crippen molar-refractivity contribution >= 4 is 17.5 Å². The minimum absolute atomic E-state index is 0.0986. The molecule has 4 aromatic rings. The van der Waals surface area contributed by atoms with E-state index in [-0.39, 0.29) is 18.4 Å². The molecule has 2 amide bonds. The van der Waals surface area contributed by atoms with Gasteiger partial charge in [-0.05, 0) is 60.9 Å². The molecule has 0 aliphatic carbocycles. The molecule has 0 saturated carbocycles. The number of nitrogens with one attached hydrogen (secondary N) is 2. The van der Waals surface area contributed by atoms with Crippen molar-refractivity contribution < 1.29 is 14.3 Å². The lowest BCUT2D eigenvalue weighted by Crippen LogP contribution is -2.41. The van der Waals surface area contributed by atoms with Crippen molar-refractivity contribution in [2.24, 2.45) is 0 Å². The van der Waals surface area contributed by atoms with Crippen molar-refractivity contribution in [1.29, 1.82) is 0 Å². The normalized spacial score (nSPS) is 10.6. The Kier molecular flexibility index (Phi) is 7.31. The zero-order valence-corrected chi connectivity index (χ0v) is 20.2. The van der Waals surface area contributed by atoms with Gasteiger partial charge in [-0.25, -0.2) is 0 Å². The molecule has 0 bridgehead atoms. The summed E-state index contributed by atoms with van der Waals surface area (Å²) in [6.07, 6.45) is 0. The molecule has 178 valence electrons. The van der Waals surface area contributed by atoms with Crippen LogP contribution < -0.4 is 15.0 Å². The summed E-state index contributed by atoms with van der Waals surface area (Å²) in [7, 11) is 1.61. The zero-order chi connectivity index (χ0) is 24.8. The van der Waals surface area contributed by atoms with Gasteiger partial charge in [0.25, 0.3) is 5.91 Å². The van der Waals surface area contributed by atoms with Crippen LogP contribution >= 0.6 is 0 Å². The summed E-state index contributed by atoms with van der Waals surface area (Å²) < 4.78 is 5.18. The predicted molar refractivity (Wildman–Crippen MR) is 139 cm³/mol. The molecule has 0 aliphatic rings. The number of ether oxygens (including phenoxy) is 1. The Morgan fingerprint density at radius 1 is 0.914 bits per heavy atom. The Hall–Kier alpha value is -4.32. The Labute approximate surface area is 205 Å². The molecule has 0 saturated heterocycles. The standard InChI is InChI=1S/C29H29N3O3/c1-20-9-16-27(21(2)17-20)32(19-28(33)30-18-22-10-12-24(35-3)13-11-22)29(34)26-15-14-25(31-26)23-7-5-4-6-8-23/h4-17,31H,18-19H2,1-3H3,(H,30,33). The molecular formula is C29H29N3O3. The minimum atomic E-state index is -0.265. The number of carbonyl (C=O) groups is 2. The number of benzene rings is 3. The molecule has 0 fully saturated rings. The van der Waals surface area contributed by atoms with Crippen LogP contribution in [0.1, 0.15) is 27.2 Å². The summed E-state index contributed by atoms with van der Waals surface area (Å²) in [4.78, 5) is 31.3. The van der Waals surface area contributed by atoms with Crippen molar-refractivity contribution in [2.75, 3.05) is 18.6 Å². The van der Waals surface area contributed by atoms with Gasteiger partial charge in [-0.15, -0.1) is 0 Å². The fourth-order valence-corrected chi connectivity index (χ4v) is 3.97. The molecule has 0 atom stereocenters. The van der Waals surface area contributed by atoms with Gasteiger partial charge in [0, 0.05) is 17.9 Å². The molecule has 6 heteroatoms. The molecule has 1 heterocycles. The van der Waals surface area contributed by atoms with Gasteiger partial charge in [0.2, 0.25) is 5.91 Å². The second-order valence-electron chi connectivity index (χ2n) is 8.46. The maximum Gasteiger partial charge on any atom is 0.275 e. The third-order valence-corrected chi connectivity index (χ3v) is 5.84. The summed E-state index contributed by atoms with van der Waals surface area (Å²) in [6.45, 7) is 4.21. The predicted octanol–water partition coefficient (Wildman–Crippen LogP) is 5.27. The van der Waals surface area contributed by atoms with E-state index in [4.69, 9.17) is 4.74 Å². The van der Waals surface area contributed by atoms with Crippen LogP contribution in [-0.2, 0) is 11.3 Å². The van der Waals surface area contributed by atoms with Crippen LogP contribution in [0.5, 0.6) is 5.75 Å². The summed E-state index contributed by atoms with van der Waals surface area (Å²) in [5.41, 5.74) is 5.92. The van der Waals surface area contributed by atoms with E-state index in [1.807, 2.05) is 92.7 Å². The molecule has 0 unspecified atom stereocenters. The van der Waals surface area contributed by atoms with E-state index in [0.29, 0.717) is 17.9 Å². The van der Waals surface area contributed by atoms with Crippen molar-refractivity contribution in [3.8, 4) is 17.0 Å². The van der Waals surface area contributed by atoms with Gasteiger partial charge in [-0.2, -0.15) is 0 Å². The van der Waals surface area contributed by atoms with Crippen LogP contribution in [0.15, 0.2) is 84.9 Å². The number of nitrogens with zero attached hydrogens (tertiary/aromatic N) is 1. The van der Waals surface area contributed by atoms with Crippen LogP contribution in [0.3, 0.4) is 0 Å². The number of aromatic amines is 1. The largest absolute Gasteiger partial charge is 0.497 e. The molecule has 2 N–H and O–H groups in total. The van der Waals surface area contributed by atoms with Gasteiger partial charge in [-0.3, -0.25) is 14.5 Å². The summed E-state index contributed by atoms with van der Waals surface area (Å²) in [5, 5.41) is 2.92. The molecule has 4 rings (SSSR count). The monoisotopic (exact) mass is 467 g/mol. The van der Waals surface area contributed by atoms with Crippen LogP contribution in [0, 0.1) is 13.8 Å². The molecule has 0 aliphatic heterocycles. The van der Waals surface area contributed by atoms with Gasteiger partial charge >= 0.3 is 0 Å². The second kappa shape index (κ2) is 10.7. The van der Waals surface area contributed by atoms with E-state index in [0.717, 1.165) is 33.7 Å². The van der Waals surface area contributed by atoms with Gasteiger partial charge in [0.15, 0.2) is 0 Å². The van der Waals surface area contributed by atoms with Crippen molar-refractivity contribution in [2.45, 2.75) is 20.4 Å². The number of aromatic nitrogens is 1. The van der Waals surface area contributed by atoms with Gasteiger partial charge in [0.05, 0.1) is 7.11 Å². The lowest BCUT2D eigenvalue weighted by Gasteiger charge is -2.24. The number of aryl methyl sites for hydroxylation is 2. The number of hydrogen-bond acceptors (Lipinski definition) is 3. The van der Waals surface area contributed by atoms with E-state index in [9.17, 15) is 9.59 Å². The first-order valence-electron chi connectivity index (χ1n) is 11.5. The Balaban J connectivity index is 1.55. The van der Waals surface area contributed by atoms with Gasteiger partial charge < -0.3 is 15.0 Å². The first kappa shape index (κ1) is 23.8. The topological polar surface area (TPSA) is 74.4 Å². The number of methoxy groups -OCH3 is 1. The summed E-state index contributed by atoms with van der Waals surface area (Å²) >= 11 is 0. The van der Waals surface area contributed by atoms with E-state index in [1.165, 1.54) is 4.90 Å². The Morgan fingerprint density at radius 3 is 2.34 bits per heavy atom. The number of carbonyl (C=O) groups excluding carboxylic acids is 2. The first-order valence-corrected chi connectivity index (χ1v) is 11.5. The van der Waals surface area contributed by atoms with Crippen LogP contribution in [0.2, 0.25) is 0 Å². The van der Waals surface area contributed by atoms with E-state index >= 15 is 0 Å². The second-order valence-corrected chi connectivity index (χ2v) is 8.46. The van der Waals surface area contributed by atoms with E-state index in [2.05, 4.69) is 10.3 Å². The summed E-state index contributed by atoms with van der Waals surface area (Å²) in [5.74, 6) is 0.246. The fraction of sp³-hybridized carbons (Fsp3) is 0.172. The number of hydrogen-bond donors (Lipinski definition) is 2. The minimum Gasteiger partial charge on any atom is -0.497 e. The molecule has 1 aromatic heterocycles. The Bertz CT molecular complexity index is 1310. The molecular weight excluding hydrogens is 438 g/mol. The Morgan fingerprint density at radius 2 is 1.66 bits per heavy atom. The van der Waals surface area contributed by atoms with Crippen LogP contribution in [0.4, 0.5) is 5.69 Å². The van der Waals surface area contributed by atoms with Crippen molar-refractivity contribution in [3.05, 3.63) is 107 Å². The molecule has 0 spiro atoms. The van der Waals surface area contributed by atoms with Gasteiger partial charge in [0.1, 0.15) is 18.0 Å². The maximum atomic E-state index is 13.6. The quantitative estimate of drug-likeness (QED) is 0.371. The lowest BCUT2D eigenvalue weighted by molar-refractivity contribution is -0.119. The zero-order valence-electron chi connectivity index (χ0n) is 20.2. The molecule has 3 aromatic carbocycles. The smallest absolute Gasteiger partial charge is 0.275 e. The SMILES string of the molecule is COc1ccc(CNC(=O)CN(C(=O)c2ccc(-c3ccccc3)[nH]2)c2ccc(C)cc2C)cc1. The van der Waals surface area contributed by atoms with Crippen molar-refractivity contribution in [1.82, 2.24) is 10.3 Å². The third-order valence-electron chi connectivity index (χ3n) is 5.84. The summed E-state index contributed by atoms with van der Waals surface area (Å²) in [6, 6.07) is 26.8. The highest BCUT2D eigenvalue weighted by Gasteiger charge is 2.23. The number of anilines is 1. The van der Waals surface area contributed by atoms with E-state index < -0.39 is 0 Å². The lowest BCUT2D eigenvalue weighted by atomic mass is 10.1. The van der Waals surface area contributed by atoms with Crippen molar-refractivity contribution in [3.63, 3.8) is 0 Å². The van der Waals surface area contributed by atoms with Gasteiger partial charge in [-0.1, -0.05) is 60.2 Å². The highest BCUT2D eigenvalue weighted by atomic mass is 16.5. The van der Waals surface area contributed by atoms with Crippen LogP contribution in [0.25, 0.3) is 11.3 Å². The average Bonchev–Trinajstić information content (AvgIpc) is 3.37. The molecule has 35 heavy (non-hydrogen) atoms. The van der Waals surface area contributed by atoms with Crippen LogP contribution in [-0.4, -0.2) is 30.5 Å². The maximum absolute atomic E-state index is 13.6. The number of rotatable bonds is 8. The van der Waals surface area contributed by atoms with E-state index in [1.54, 1.807) is 13.2 Å². The highest BCUT2D eigenvalue weighted by molar-refractivity contribution is 6.08. The fourth-order valence-electron chi connectivity index (χ4n) is 3.97. The molecule has 0 radical (unpaired) electrons. The first-order chi connectivity index (χ1) is 16.9. The molecule has 6 nitrogen and oxygen atoms in total.